The maximum atomic E-state index is 11.7. The summed E-state index contributed by atoms with van der Waals surface area (Å²) in [5, 5.41) is 0.268. The second kappa shape index (κ2) is 7.54. The maximum Gasteiger partial charge on any atom is 0.345 e. The SMILES string of the molecule is CCSC(=NC(=O)N(C)C)N(C(N)=O)c1ccccc1. The molecule has 0 unspecified atom stereocenters. The Hall–Kier alpha value is -2.02. The van der Waals surface area contributed by atoms with E-state index in [0.29, 0.717) is 11.4 Å². The van der Waals surface area contributed by atoms with Crippen molar-refractivity contribution in [3.63, 3.8) is 0 Å². The molecular weight excluding hydrogens is 276 g/mol. The molecule has 2 N–H and O–H groups in total. The molecule has 1 rings (SSSR count). The summed E-state index contributed by atoms with van der Waals surface area (Å²) in [6.45, 7) is 1.91. The van der Waals surface area contributed by atoms with Crippen LogP contribution in [0.4, 0.5) is 15.3 Å². The minimum Gasteiger partial charge on any atom is -0.351 e. The van der Waals surface area contributed by atoms with Crippen molar-refractivity contribution >= 4 is 34.7 Å². The molecule has 20 heavy (non-hydrogen) atoms. The molecule has 0 aliphatic carbocycles. The number of para-hydroxylation sites is 1. The lowest BCUT2D eigenvalue weighted by molar-refractivity contribution is 0.227. The van der Waals surface area contributed by atoms with Gasteiger partial charge >= 0.3 is 12.1 Å². The number of rotatable bonds is 2. The molecule has 0 bridgehead atoms. The normalized spacial score (nSPS) is 11.1. The molecule has 108 valence electrons. The van der Waals surface area contributed by atoms with Crippen LogP contribution < -0.4 is 10.6 Å². The highest BCUT2D eigenvalue weighted by Crippen LogP contribution is 2.19. The van der Waals surface area contributed by atoms with E-state index < -0.39 is 12.1 Å². The highest BCUT2D eigenvalue weighted by molar-refractivity contribution is 8.14. The number of aliphatic imine (C=N–C) groups is 1. The van der Waals surface area contributed by atoms with Crippen molar-refractivity contribution in [3.8, 4) is 0 Å². The van der Waals surface area contributed by atoms with Crippen LogP contribution in [0.1, 0.15) is 6.92 Å². The molecule has 0 saturated heterocycles. The molecule has 0 heterocycles. The van der Waals surface area contributed by atoms with Gasteiger partial charge in [-0.3, -0.25) is 0 Å². The van der Waals surface area contributed by atoms with Crippen LogP contribution in [0, 0.1) is 0 Å². The fourth-order valence-corrected chi connectivity index (χ4v) is 2.09. The molecule has 0 atom stereocenters. The van der Waals surface area contributed by atoms with E-state index >= 15 is 0 Å². The fourth-order valence-electron chi connectivity index (χ4n) is 1.37. The summed E-state index contributed by atoms with van der Waals surface area (Å²) in [6.07, 6.45) is 0. The van der Waals surface area contributed by atoms with Gasteiger partial charge in [0.25, 0.3) is 0 Å². The van der Waals surface area contributed by atoms with Gasteiger partial charge in [-0.25, -0.2) is 14.5 Å². The summed E-state index contributed by atoms with van der Waals surface area (Å²) >= 11 is 1.28. The van der Waals surface area contributed by atoms with Gasteiger partial charge in [-0.1, -0.05) is 36.9 Å². The average molecular weight is 294 g/mol. The number of thioether (sulfide) groups is 1. The summed E-state index contributed by atoms with van der Waals surface area (Å²) in [5.74, 6) is 0.663. The first-order valence-electron chi connectivity index (χ1n) is 6.04. The molecule has 7 heteroatoms. The van der Waals surface area contributed by atoms with E-state index in [2.05, 4.69) is 4.99 Å². The van der Waals surface area contributed by atoms with Gasteiger partial charge in [0.15, 0.2) is 5.17 Å². The molecule has 0 radical (unpaired) electrons. The average Bonchev–Trinajstić information content (AvgIpc) is 2.39. The monoisotopic (exact) mass is 294 g/mol. The highest BCUT2D eigenvalue weighted by Gasteiger charge is 2.20. The van der Waals surface area contributed by atoms with Crippen molar-refractivity contribution in [2.24, 2.45) is 10.7 Å². The topological polar surface area (TPSA) is 79.0 Å². The van der Waals surface area contributed by atoms with Crippen molar-refractivity contribution in [2.45, 2.75) is 6.92 Å². The van der Waals surface area contributed by atoms with Crippen LogP contribution in [0.5, 0.6) is 0 Å². The molecular formula is C13H18N4O2S. The second-order valence-electron chi connectivity index (χ2n) is 4.01. The number of anilines is 1. The Bertz CT molecular complexity index is 502. The van der Waals surface area contributed by atoms with Gasteiger partial charge in [0.2, 0.25) is 0 Å². The van der Waals surface area contributed by atoms with E-state index in [1.807, 2.05) is 13.0 Å². The third-order valence-corrected chi connectivity index (χ3v) is 3.09. The van der Waals surface area contributed by atoms with Crippen molar-refractivity contribution in [1.29, 1.82) is 0 Å². The number of carbonyl (C=O) groups is 2. The van der Waals surface area contributed by atoms with Crippen LogP contribution in [0.15, 0.2) is 35.3 Å². The summed E-state index contributed by atoms with van der Waals surface area (Å²) in [4.78, 5) is 30.0. The summed E-state index contributed by atoms with van der Waals surface area (Å²) in [7, 11) is 3.19. The lowest BCUT2D eigenvalue weighted by atomic mass is 10.3. The maximum absolute atomic E-state index is 11.7. The van der Waals surface area contributed by atoms with Crippen molar-refractivity contribution in [1.82, 2.24) is 4.90 Å². The lowest BCUT2D eigenvalue weighted by Gasteiger charge is -2.21. The zero-order valence-corrected chi connectivity index (χ0v) is 12.6. The first-order valence-corrected chi connectivity index (χ1v) is 7.03. The molecule has 0 aromatic heterocycles. The first kappa shape index (κ1) is 16.0. The molecule has 4 amide bonds. The van der Waals surface area contributed by atoms with Crippen LogP contribution in [0.2, 0.25) is 0 Å². The zero-order valence-electron chi connectivity index (χ0n) is 11.7. The first-order chi connectivity index (χ1) is 9.47. The quantitative estimate of drug-likeness (QED) is 0.671. The summed E-state index contributed by atoms with van der Waals surface area (Å²) < 4.78 is 0. The number of carbonyl (C=O) groups excluding carboxylic acids is 2. The number of benzene rings is 1. The number of nitrogens with zero attached hydrogens (tertiary/aromatic N) is 3. The minimum atomic E-state index is -0.678. The number of amidine groups is 1. The van der Waals surface area contributed by atoms with Crippen LogP contribution in [-0.2, 0) is 0 Å². The lowest BCUT2D eigenvalue weighted by Crippen LogP contribution is -2.40. The number of nitrogens with two attached hydrogens (primary N) is 1. The van der Waals surface area contributed by atoms with Gasteiger partial charge < -0.3 is 10.6 Å². The second-order valence-corrected chi connectivity index (χ2v) is 5.24. The molecule has 0 spiro atoms. The van der Waals surface area contributed by atoms with Gasteiger partial charge in [0.05, 0.1) is 5.69 Å². The Morgan fingerprint density at radius 1 is 1.25 bits per heavy atom. The van der Waals surface area contributed by atoms with Gasteiger partial charge in [-0.2, -0.15) is 4.99 Å². The molecule has 6 nitrogen and oxygen atoms in total. The molecule has 0 fully saturated rings. The Balaban J connectivity index is 3.20. The fraction of sp³-hybridized carbons (Fsp3) is 0.308. The summed E-state index contributed by atoms with van der Waals surface area (Å²) in [6, 6.07) is 7.75. The van der Waals surface area contributed by atoms with Crippen LogP contribution in [0.25, 0.3) is 0 Å². The van der Waals surface area contributed by atoms with Gasteiger partial charge in [0.1, 0.15) is 0 Å². The third-order valence-electron chi connectivity index (χ3n) is 2.27. The van der Waals surface area contributed by atoms with E-state index in [9.17, 15) is 9.59 Å². The van der Waals surface area contributed by atoms with E-state index in [1.165, 1.54) is 21.6 Å². The van der Waals surface area contributed by atoms with Crippen LogP contribution in [0.3, 0.4) is 0 Å². The molecule has 1 aromatic carbocycles. The number of primary amides is 1. The Kier molecular flexibility index (Phi) is 6.05. The highest BCUT2D eigenvalue weighted by atomic mass is 32.2. The van der Waals surface area contributed by atoms with Crippen molar-refractivity contribution < 1.29 is 9.59 Å². The smallest absolute Gasteiger partial charge is 0.345 e. The molecule has 0 saturated carbocycles. The van der Waals surface area contributed by atoms with Gasteiger partial charge in [-0.05, 0) is 17.9 Å². The van der Waals surface area contributed by atoms with Gasteiger partial charge in [0, 0.05) is 14.1 Å². The number of hydrogen-bond acceptors (Lipinski definition) is 3. The number of urea groups is 2. The van der Waals surface area contributed by atoms with E-state index in [0.717, 1.165) is 0 Å². The van der Waals surface area contributed by atoms with Crippen molar-refractivity contribution in [3.05, 3.63) is 30.3 Å². The predicted molar refractivity (Wildman–Crippen MR) is 83.2 cm³/mol. The molecule has 0 aliphatic rings. The Labute approximate surface area is 122 Å². The minimum absolute atomic E-state index is 0.268. The standard InChI is InChI=1S/C13H18N4O2S/c1-4-20-13(15-12(19)16(2)3)17(11(14)18)10-8-6-5-7-9-10/h5-9H,4H2,1-3H3,(H2,14,18). The van der Waals surface area contributed by atoms with Crippen molar-refractivity contribution in [2.75, 3.05) is 24.7 Å². The molecule has 0 aliphatic heterocycles. The Morgan fingerprint density at radius 3 is 2.30 bits per heavy atom. The van der Waals surface area contributed by atoms with Crippen LogP contribution >= 0.6 is 11.8 Å². The van der Waals surface area contributed by atoms with E-state index in [-0.39, 0.29) is 5.17 Å². The largest absolute Gasteiger partial charge is 0.351 e. The Morgan fingerprint density at radius 2 is 1.85 bits per heavy atom. The number of amides is 4. The third kappa shape index (κ3) is 4.27. The number of hydrogen-bond donors (Lipinski definition) is 1. The zero-order chi connectivity index (χ0) is 15.1. The van der Waals surface area contributed by atoms with Crippen LogP contribution in [-0.4, -0.2) is 42.0 Å². The molecule has 1 aromatic rings. The van der Waals surface area contributed by atoms with E-state index in [1.54, 1.807) is 38.4 Å². The van der Waals surface area contributed by atoms with Gasteiger partial charge in [-0.15, -0.1) is 0 Å². The summed E-state index contributed by atoms with van der Waals surface area (Å²) in [5.41, 5.74) is 5.99. The van der Waals surface area contributed by atoms with E-state index in [4.69, 9.17) is 5.73 Å². The predicted octanol–water partition coefficient (Wildman–Crippen LogP) is 2.36.